The lowest BCUT2D eigenvalue weighted by molar-refractivity contribution is -0.870. The Labute approximate surface area is 570 Å². The lowest BCUT2D eigenvalue weighted by Gasteiger charge is -2.25. The first kappa shape index (κ1) is 88.7. The second-order valence-electron chi connectivity index (χ2n) is 28.0. The van der Waals surface area contributed by atoms with E-state index in [0.717, 1.165) is 77.0 Å². The van der Waals surface area contributed by atoms with Gasteiger partial charge >= 0.3 is 17.9 Å². The Morgan fingerprint density at radius 3 is 0.924 bits per heavy atom. The largest absolute Gasteiger partial charge is 0.477 e. The van der Waals surface area contributed by atoms with Gasteiger partial charge < -0.3 is 28.5 Å². The number of carbonyl (C=O) groups excluding carboxylic acids is 2. The fourth-order valence-electron chi connectivity index (χ4n) is 11.7. The molecule has 0 fully saturated rings. The molecular weight excluding hydrogens is 1140 g/mol. The molecule has 9 heteroatoms. The molecule has 0 bridgehead atoms. The molecular formula is C83H152NO8+. The van der Waals surface area contributed by atoms with Gasteiger partial charge in [-0.05, 0) is 64.2 Å². The van der Waals surface area contributed by atoms with Gasteiger partial charge in [-0.15, -0.1) is 0 Å². The summed E-state index contributed by atoms with van der Waals surface area (Å²) in [5.41, 5.74) is 0. The SMILES string of the molecule is CC/C=C\C/C=C\C/C=C\C/C=C\C/C=C\C/C=C\CCCCCCCCCCCCCCCCCCCCCCCCC(=O)OC(COC(=O)CCCCCCCCCCCCCCCCCCCCCCCCCCCC)COC(OCC[N+](C)(C)C)C(=O)O. The van der Waals surface area contributed by atoms with E-state index in [-0.39, 0.29) is 38.2 Å². The third-order valence-electron chi connectivity index (χ3n) is 17.7. The predicted molar refractivity (Wildman–Crippen MR) is 396 cm³/mol. The van der Waals surface area contributed by atoms with Crippen LogP contribution in [-0.4, -0.2) is 87.4 Å². The van der Waals surface area contributed by atoms with E-state index in [1.54, 1.807) is 0 Å². The zero-order valence-corrected chi connectivity index (χ0v) is 61.5. The number of esters is 2. The highest BCUT2D eigenvalue weighted by Crippen LogP contribution is 2.20. The van der Waals surface area contributed by atoms with Crippen molar-refractivity contribution in [1.82, 2.24) is 0 Å². The van der Waals surface area contributed by atoms with E-state index < -0.39 is 18.4 Å². The summed E-state index contributed by atoms with van der Waals surface area (Å²) in [4.78, 5) is 37.7. The Morgan fingerprint density at radius 1 is 0.337 bits per heavy atom. The number of quaternary nitrogens is 1. The van der Waals surface area contributed by atoms with Gasteiger partial charge in [0.15, 0.2) is 6.10 Å². The van der Waals surface area contributed by atoms with Gasteiger partial charge in [0, 0.05) is 12.8 Å². The summed E-state index contributed by atoms with van der Waals surface area (Å²) >= 11 is 0. The topological polar surface area (TPSA) is 108 Å². The van der Waals surface area contributed by atoms with Gasteiger partial charge in [0.1, 0.15) is 13.2 Å². The summed E-state index contributed by atoms with van der Waals surface area (Å²) in [5, 5.41) is 9.77. The highest BCUT2D eigenvalue weighted by molar-refractivity contribution is 5.71. The Kier molecular flexibility index (Phi) is 70.9. The molecule has 0 aliphatic carbocycles. The van der Waals surface area contributed by atoms with E-state index in [0.29, 0.717) is 17.4 Å². The minimum Gasteiger partial charge on any atom is -0.477 e. The first-order chi connectivity index (χ1) is 45.1. The van der Waals surface area contributed by atoms with Crippen molar-refractivity contribution in [3.63, 3.8) is 0 Å². The Morgan fingerprint density at radius 2 is 0.620 bits per heavy atom. The molecule has 0 aromatic rings. The van der Waals surface area contributed by atoms with Crippen LogP contribution >= 0.6 is 0 Å². The van der Waals surface area contributed by atoms with Crippen LogP contribution in [0.25, 0.3) is 0 Å². The van der Waals surface area contributed by atoms with Crippen molar-refractivity contribution >= 4 is 17.9 Å². The molecule has 0 amide bonds. The number of carbonyl (C=O) groups is 3. The molecule has 0 aromatic carbocycles. The van der Waals surface area contributed by atoms with Crippen molar-refractivity contribution in [3.05, 3.63) is 72.9 Å². The zero-order chi connectivity index (χ0) is 66.8. The van der Waals surface area contributed by atoms with Gasteiger partial charge in [-0.25, -0.2) is 4.79 Å². The number of allylic oxidation sites excluding steroid dienone is 12. The minimum atomic E-state index is -1.51. The van der Waals surface area contributed by atoms with Crippen LogP contribution in [0.15, 0.2) is 72.9 Å². The van der Waals surface area contributed by atoms with Crippen LogP contribution in [0.5, 0.6) is 0 Å². The van der Waals surface area contributed by atoms with Crippen LogP contribution < -0.4 is 0 Å². The van der Waals surface area contributed by atoms with E-state index in [4.69, 9.17) is 18.9 Å². The molecule has 92 heavy (non-hydrogen) atoms. The first-order valence-electron chi connectivity index (χ1n) is 39.6. The molecule has 0 spiro atoms. The third-order valence-corrected chi connectivity index (χ3v) is 17.7. The fraction of sp³-hybridized carbons (Fsp3) is 0.819. The van der Waals surface area contributed by atoms with Crippen molar-refractivity contribution in [1.29, 1.82) is 0 Å². The summed E-state index contributed by atoms with van der Waals surface area (Å²) in [7, 11) is 6.00. The summed E-state index contributed by atoms with van der Waals surface area (Å²) < 4.78 is 23.1. The molecule has 0 radical (unpaired) electrons. The van der Waals surface area contributed by atoms with E-state index in [2.05, 4.69) is 86.8 Å². The standard InChI is InChI=1S/C83H151NO8/c1-6-8-10-12-14-16-18-20-22-24-26-28-30-32-34-35-36-37-38-39-40-41-42-43-44-45-46-47-48-50-52-54-56-58-60-62-64-66-68-70-72-74-81(86)92-79(78-91-83(82(87)88)89-76-75-84(3,4)5)77-90-80(85)73-71-69-67-65-63-61-59-57-55-53-51-49-33-31-29-27-25-23-21-19-17-15-13-11-9-7-2/h8,10,14,16,20,22,26,28,32,34,36-37,79,83H,6-7,9,11-13,15,17-19,21,23-25,27,29-31,33,35,38-78H2,1-5H3/p+1/b10-8-,16-14-,22-20-,28-26-,34-32-,37-36-. The minimum absolute atomic E-state index is 0.176. The van der Waals surface area contributed by atoms with Gasteiger partial charge in [-0.3, -0.25) is 9.59 Å². The number of hydrogen-bond donors (Lipinski definition) is 1. The molecule has 9 nitrogen and oxygen atoms in total. The van der Waals surface area contributed by atoms with Crippen molar-refractivity contribution in [2.75, 3.05) is 47.5 Å². The van der Waals surface area contributed by atoms with Crippen molar-refractivity contribution in [2.45, 2.75) is 392 Å². The zero-order valence-electron chi connectivity index (χ0n) is 61.5. The third kappa shape index (κ3) is 74.1. The second-order valence-corrected chi connectivity index (χ2v) is 28.0. The number of aliphatic carboxylic acids is 1. The number of hydrogen-bond acceptors (Lipinski definition) is 7. The summed E-state index contributed by atoms with van der Waals surface area (Å²) in [6, 6.07) is 0. The van der Waals surface area contributed by atoms with Crippen LogP contribution in [0, 0.1) is 0 Å². The molecule has 536 valence electrons. The van der Waals surface area contributed by atoms with Crippen molar-refractivity contribution < 1.29 is 42.9 Å². The van der Waals surface area contributed by atoms with E-state index in [9.17, 15) is 19.5 Å². The maximum Gasteiger partial charge on any atom is 0.361 e. The highest BCUT2D eigenvalue weighted by Gasteiger charge is 2.25. The van der Waals surface area contributed by atoms with E-state index >= 15 is 0 Å². The second kappa shape index (κ2) is 73.5. The predicted octanol–water partition coefficient (Wildman–Crippen LogP) is 25.2. The average molecular weight is 1290 g/mol. The molecule has 0 aromatic heterocycles. The molecule has 0 heterocycles. The van der Waals surface area contributed by atoms with Gasteiger partial charge in [-0.2, -0.15) is 0 Å². The molecule has 0 saturated heterocycles. The van der Waals surface area contributed by atoms with Gasteiger partial charge in [0.2, 0.25) is 0 Å². The maximum absolute atomic E-state index is 13.0. The number of rotatable bonds is 74. The quantitative estimate of drug-likeness (QED) is 0.0211. The van der Waals surface area contributed by atoms with Crippen LogP contribution in [-0.2, 0) is 33.3 Å². The van der Waals surface area contributed by atoms with E-state index in [1.165, 1.54) is 276 Å². The van der Waals surface area contributed by atoms with Gasteiger partial charge in [0.05, 0.1) is 34.4 Å². The Balaban J connectivity index is 3.97. The molecule has 0 aliphatic rings. The monoisotopic (exact) mass is 1290 g/mol. The van der Waals surface area contributed by atoms with Crippen molar-refractivity contribution in [2.24, 2.45) is 0 Å². The fourth-order valence-corrected chi connectivity index (χ4v) is 11.7. The number of carboxylic acid groups (broad SMARTS) is 1. The summed E-state index contributed by atoms with van der Waals surface area (Å²) in [5.74, 6) is -1.97. The van der Waals surface area contributed by atoms with Crippen LogP contribution in [0.2, 0.25) is 0 Å². The van der Waals surface area contributed by atoms with Crippen LogP contribution in [0.3, 0.4) is 0 Å². The molecule has 0 saturated carbocycles. The Bertz CT molecular complexity index is 1740. The number of unbranched alkanes of at least 4 members (excludes halogenated alkanes) is 47. The smallest absolute Gasteiger partial charge is 0.361 e. The van der Waals surface area contributed by atoms with Crippen LogP contribution in [0.4, 0.5) is 0 Å². The number of nitrogens with zero attached hydrogens (tertiary/aromatic N) is 1. The summed E-state index contributed by atoms with van der Waals surface area (Å²) in [6.07, 6.45) is 96.3. The molecule has 0 aliphatic heterocycles. The lowest BCUT2D eigenvalue weighted by Crippen LogP contribution is -2.40. The van der Waals surface area contributed by atoms with Gasteiger partial charge in [-0.1, -0.05) is 376 Å². The maximum atomic E-state index is 13.0. The Hall–Kier alpha value is -3.27. The van der Waals surface area contributed by atoms with Gasteiger partial charge in [0.25, 0.3) is 6.29 Å². The molecule has 2 atom stereocenters. The molecule has 0 rings (SSSR count). The number of carboxylic acids is 1. The molecule has 2 unspecified atom stereocenters. The normalized spacial score (nSPS) is 13.0. The number of ether oxygens (including phenoxy) is 4. The van der Waals surface area contributed by atoms with E-state index in [1.807, 2.05) is 21.1 Å². The highest BCUT2D eigenvalue weighted by atomic mass is 16.7. The lowest BCUT2D eigenvalue weighted by atomic mass is 10.0. The summed E-state index contributed by atoms with van der Waals surface area (Å²) in [6.45, 7) is 4.83. The average Bonchev–Trinajstić information content (AvgIpc) is 3.70. The van der Waals surface area contributed by atoms with Crippen molar-refractivity contribution in [3.8, 4) is 0 Å². The number of likely N-dealkylation sites (N-methyl/N-ethyl adjacent to an activating group) is 1. The first-order valence-corrected chi connectivity index (χ1v) is 39.6. The molecule has 1 N–H and O–H groups in total. The van der Waals surface area contributed by atoms with Crippen LogP contribution in [0.1, 0.15) is 380 Å².